The molecule has 16 heavy (non-hydrogen) atoms. The zero-order valence-corrected chi connectivity index (χ0v) is 12.3. The second kappa shape index (κ2) is 5.86. The highest BCUT2D eigenvalue weighted by molar-refractivity contribution is 9.09. The average Bonchev–Trinajstić information content (AvgIpc) is 2.78. The monoisotopic (exact) mass is 287 g/mol. The van der Waals surface area contributed by atoms with Crippen LogP contribution in [0.1, 0.15) is 51.9 Å². The fourth-order valence-corrected chi connectivity index (χ4v) is 4.30. The lowest BCUT2D eigenvalue weighted by molar-refractivity contribution is 0.116. The van der Waals surface area contributed by atoms with Crippen LogP contribution >= 0.6 is 15.9 Å². The predicted molar refractivity (Wildman–Crippen MR) is 74.2 cm³/mol. The summed E-state index contributed by atoms with van der Waals surface area (Å²) in [6.07, 6.45) is 10.1. The largest absolute Gasteiger partial charge is 0.302 e. The molecule has 0 radical (unpaired) electrons. The number of alkyl halides is 1. The van der Waals surface area contributed by atoms with Crippen molar-refractivity contribution in [3.8, 4) is 0 Å². The van der Waals surface area contributed by atoms with Gasteiger partial charge in [0.1, 0.15) is 0 Å². The second-order valence-electron chi connectivity index (χ2n) is 5.99. The van der Waals surface area contributed by atoms with Crippen LogP contribution < -0.4 is 0 Å². The normalized spacial score (nSPS) is 30.8. The molecule has 2 heteroatoms. The number of piperidine rings is 1. The van der Waals surface area contributed by atoms with Crippen molar-refractivity contribution >= 4 is 15.9 Å². The minimum absolute atomic E-state index is 0.621. The van der Waals surface area contributed by atoms with E-state index in [9.17, 15) is 0 Å². The van der Waals surface area contributed by atoms with Gasteiger partial charge in [-0.2, -0.15) is 0 Å². The number of likely N-dealkylation sites (tertiary alicyclic amines) is 1. The summed E-state index contributed by atoms with van der Waals surface area (Å²) in [5.74, 6) is 0.975. The number of rotatable bonds is 4. The molecular formula is C14H26BrN. The molecule has 0 aromatic carbocycles. The fraction of sp³-hybridized carbons (Fsp3) is 1.00. The van der Waals surface area contributed by atoms with Crippen molar-refractivity contribution < 1.29 is 0 Å². The van der Waals surface area contributed by atoms with Gasteiger partial charge < -0.3 is 4.90 Å². The maximum absolute atomic E-state index is 3.77. The zero-order chi connectivity index (χ0) is 11.4. The van der Waals surface area contributed by atoms with E-state index in [0.29, 0.717) is 5.41 Å². The van der Waals surface area contributed by atoms with Crippen LogP contribution in [0.25, 0.3) is 0 Å². The Morgan fingerprint density at radius 1 is 1.25 bits per heavy atom. The Bertz CT molecular complexity index is 211. The van der Waals surface area contributed by atoms with Crippen LogP contribution in [0.4, 0.5) is 0 Å². The van der Waals surface area contributed by atoms with Crippen LogP contribution in [-0.2, 0) is 0 Å². The van der Waals surface area contributed by atoms with E-state index >= 15 is 0 Å². The van der Waals surface area contributed by atoms with Crippen molar-refractivity contribution in [3.05, 3.63) is 0 Å². The Kier molecular flexibility index (Phi) is 4.72. The van der Waals surface area contributed by atoms with Crippen LogP contribution in [0.15, 0.2) is 0 Å². The molecule has 1 heterocycles. The van der Waals surface area contributed by atoms with Gasteiger partial charge in [-0.05, 0) is 43.6 Å². The van der Waals surface area contributed by atoms with E-state index in [1.807, 2.05) is 0 Å². The molecule has 1 saturated carbocycles. The Morgan fingerprint density at radius 3 is 2.62 bits per heavy atom. The van der Waals surface area contributed by atoms with Gasteiger partial charge in [-0.25, -0.2) is 0 Å². The van der Waals surface area contributed by atoms with E-state index in [-0.39, 0.29) is 0 Å². The van der Waals surface area contributed by atoms with Crippen molar-refractivity contribution in [2.45, 2.75) is 51.9 Å². The van der Waals surface area contributed by atoms with Crippen LogP contribution in [0.5, 0.6) is 0 Å². The zero-order valence-electron chi connectivity index (χ0n) is 10.7. The lowest BCUT2D eigenvalue weighted by atomic mass is 9.86. The number of hydrogen-bond donors (Lipinski definition) is 0. The summed E-state index contributed by atoms with van der Waals surface area (Å²) in [5, 5.41) is 1.22. The minimum atomic E-state index is 0.621. The summed E-state index contributed by atoms with van der Waals surface area (Å²) in [6, 6.07) is 0. The van der Waals surface area contributed by atoms with Gasteiger partial charge in [0.05, 0.1) is 0 Å². The van der Waals surface area contributed by atoms with Gasteiger partial charge in [-0.3, -0.25) is 0 Å². The number of nitrogens with zero attached hydrogens (tertiary/aromatic N) is 1. The van der Waals surface area contributed by atoms with Gasteiger partial charge >= 0.3 is 0 Å². The standard InChI is InChI=1S/C14H26BrN/c1-2-13-6-5-9-16(10-13)12-14(11-15)7-3-4-8-14/h13H,2-12H2,1H3. The van der Waals surface area contributed by atoms with Crippen LogP contribution in [0.3, 0.4) is 0 Å². The van der Waals surface area contributed by atoms with Crippen molar-refractivity contribution in [2.24, 2.45) is 11.3 Å². The smallest absolute Gasteiger partial charge is 0.0100 e. The first-order valence-corrected chi connectivity index (χ1v) is 8.18. The highest BCUT2D eigenvalue weighted by atomic mass is 79.9. The van der Waals surface area contributed by atoms with Gasteiger partial charge in [-0.1, -0.05) is 42.1 Å². The lowest BCUT2D eigenvalue weighted by Gasteiger charge is -2.38. The molecule has 0 spiro atoms. The molecule has 2 fully saturated rings. The topological polar surface area (TPSA) is 3.24 Å². The summed E-state index contributed by atoms with van der Waals surface area (Å²) < 4.78 is 0. The average molecular weight is 288 g/mol. The first-order chi connectivity index (χ1) is 7.78. The number of hydrogen-bond acceptors (Lipinski definition) is 1. The molecule has 0 N–H and O–H groups in total. The lowest BCUT2D eigenvalue weighted by Crippen LogP contribution is -2.42. The highest BCUT2D eigenvalue weighted by Gasteiger charge is 2.35. The summed E-state index contributed by atoms with van der Waals surface area (Å²) in [7, 11) is 0. The summed E-state index contributed by atoms with van der Waals surface area (Å²) >= 11 is 3.77. The van der Waals surface area contributed by atoms with Crippen LogP contribution in [-0.4, -0.2) is 29.9 Å². The van der Waals surface area contributed by atoms with E-state index in [4.69, 9.17) is 0 Å². The van der Waals surface area contributed by atoms with E-state index < -0.39 is 0 Å². The molecular weight excluding hydrogens is 262 g/mol. The Labute approximate surface area is 109 Å². The quantitative estimate of drug-likeness (QED) is 0.705. The van der Waals surface area contributed by atoms with Crippen molar-refractivity contribution in [1.82, 2.24) is 4.90 Å². The Morgan fingerprint density at radius 2 is 2.00 bits per heavy atom. The van der Waals surface area contributed by atoms with Gasteiger partial charge in [-0.15, -0.1) is 0 Å². The molecule has 1 aliphatic heterocycles. The molecule has 1 nitrogen and oxygen atoms in total. The molecule has 2 aliphatic rings. The molecule has 0 aromatic rings. The highest BCUT2D eigenvalue weighted by Crippen LogP contribution is 2.40. The van der Waals surface area contributed by atoms with Gasteiger partial charge in [0, 0.05) is 18.4 Å². The molecule has 0 bridgehead atoms. The molecule has 1 atom stereocenters. The molecule has 1 unspecified atom stereocenters. The van der Waals surface area contributed by atoms with Gasteiger partial charge in [0.25, 0.3) is 0 Å². The minimum Gasteiger partial charge on any atom is -0.302 e. The Hall–Kier alpha value is 0.440. The first-order valence-electron chi connectivity index (χ1n) is 7.06. The molecule has 2 rings (SSSR count). The van der Waals surface area contributed by atoms with E-state index in [1.54, 1.807) is 0 Å². The Balaban J connectivity index is 1.87. The van der Waals surface area contributed by atoms with Crippen molar-refractivity contribution in [1.29, 1.82) is 0 Å². The van der Waals surface area contributed by atoms with Crippen LogP contribution in [0.2, 0.25) is 0 Å². The fourth-order valence-electron chi connectivity index (χ4n) is 3.56. The van der Waals surface area contributed by atoms with E-state index in [1.165, 1.54) is 69.9 Å². The summed E-state index contributed by atoms with van der Waals surface area (Å²) in [6.45, 7) is 6.43. The molecule has 94 valence electrons. The van der Waals surface area contributed by atoms with Crippen molar-refractivity contribution in [3.63, 3.8) is 0 Å². The first kappa shape index (κ1) is 12.9. The molecule has 0 aromatic heterocycles. The van der Waals surface area contributed by atoms with Crippen LogP contribution in [0, 0.1) is 11.3 Å². The molecule has 1 aliphatic carbocycles. The van der Waals surface area contributed by atoms with Crippen molar-refractivity contribution in [2.75, 3.05) is 25.0 Å². The van der Waals surface area contributed by atoms with Gasteiger partial charge in [0.2, 0.25) is 0 Å². The summed E-state index contributed by atoms with van der Waals surface area (Å²) in [4.78, 5) is 2.75. The maximum atomic E-state index is 3.77. The molecule has 1 saturated heterocycles. The van der Waals surface area contributed by atoms with E-state index in [2.05, 4.69) is 27.8 Å². The van der Waals surface area contributed by atoms with Gasteiger partial charge in [0.15, 0.2) is 0 Å². The number of halogens is 1. The SMILES string of the molecule is CCC1CCCN(CC2(CBr)CCCC2)C1. The maximum Gasteiger partial charge on any atom is 0.0100 e. The third-order valence-electron chi connectivity index (χ3n) is 4.69. The summed E-state index contributed by atoms with van der Waals surface area (Å²) in [5.41, 5.74) is 0.621. The molecule has 0 amide bonds. The third kappa shape index (κ3) is 3.01. The van der Waals surface area contributed by atoms with E-state index in [0.717, 1.165) is 5.92 Å². The predicted octanol–water partition coefficient (Wildman–Crippen LogP) is 4.06. The second-order valence-corrected chi connectivity index (χ2v) is 6.55. The third-order valence-corrected chi connectivity index (χ3v) is 5.88.